The summed E-state index contributed by atoms with van der Waals surface area (Å²) in [6.07, 6.45) is 0. The van der Waals surface area contributed by atoms with Gasteiger partial charge in [-0.1, -0.05) is 37.0 Å². The predicted octanol–water partition coefficient (Wildman–Crippen LogP) is 4.67. The van der Waals surface area contributed by atoms with Crippen LogP contribution in [0.4, 0.5) is 0 Å². The van der Waals surface area contributed by atoms with Crippen molar-refractivity contribution in [2.75, 3.05) is 33.3 Å². The number of ether oxygens (including phenoxy) is 1. The number of furan rings is 1. The minimum absolute atomic E-state index is 0.0967. The third-order valence-corrected chi connectivity index (χ3v) is 6.09. The van der Waals surface area contributed by atoms with E-state index >= 15 is 0 Å². The molecule has 7 nitrogen and oxygen atoms in total. The molecule has 172 valence electrons. The maximum absolute atomic E-state index is 13.1. The van der Waals surface area contributed by atoms with Gasteiger partial charge in [-0.15, -0.1) is 0 Å². The van der Waals surface area contributed by atoms with Gasteiger partial charge in [0, 0.05) is 18.1 Å². The summed E-state index contributed by atoms with van der Waals surface area (Å²) in [5, 5.41) is 11.6. The number of amides is 1. The maximum atomic E-state index is 13.1. The Morgan fingerprint density at radius 2 is 1.91 bits per heavy atom. The number of Topliss-reactive ketones (excluding diaryl/α,β-unsaturated/α-hetero) is 1. The zero-order valence-electron chi connectivity index (χ0n) is 18.4. The molecule has 1 unspecified atom stereocenters. The van der Waals surface area contributed by atoms with Gasteiger partial charge in [-0.3, -0.25) is 9.59 Å². The lowest BCUT2D eigenvalue weighted by atomic mass is 9.98. The van der Waals surface area contributed by atoms with Crippen LogP contribution in [0.3, 0.4) is 0 Å². The number of aliphatic hydroxyl groups is 1. The Labute approximate surface area is 197 Å². The highest BCUT2D eigenvalue weighted by Gasteiger charge is 2.47. The molecule has 1 N–H and O–H groups in total. The van der Waals surface area contributed by atoms with Crippen LogP contribution >= 0.6 is 23.2 Å². The number of likely N-dealkylation sites (tertiary alicyclic amines) is 1. The van der Waals surface area contributed by atoms with Crippen LogP contribution in [0.15, 0.2) is 34.3 Å². The Morgan fingerprint density at radius 1 is 1.22 bits per heavy atom. The van der Waals surface area contributed by atoms with Crippen molar-refractivity contribution in [1.82, 2.24) is 9.80 Å². The number of carbonyl (C=O) groups is 2. The second-order valence-corrected chi connectivity index (χ2v) is 8.28. The van der Waals surface area contributed by atoms with E-state index in [1.807, 2.05) is 13.8 Å². The Bertz CT molecular complexity index is 1060. The van der Waals surface area contributed by atoms with Crippen molar-refractivity contribution in [2.24, 2.45) is 0 Å². The van der Waals surface area contributed by atoms with Gasteiger partial charge in [0.05, 0.1) is 23.3 Å². The summed E-state index contributed by atoms with van der Waals surface area (Å²) in [7, 11) is 1.39. The smallest absolute Gasteiger partial charge is 0.295 e. The number of rotatable bonds is 8. The predicted molar refractivity (Wildman–Crippen MR) is 123 cm³/mol. The first-order chi connectivity index (χ1) is 15.2. The van der Waals surface area contributed by atoms with Crippen LogP contribution in [0, 0.1) is 6.92 Å². The third kappa shape index (κ3) is 4.51. The lowest BCUT2D eigenvalue weighted by Crippen LogP contribution is -2.37. The second-order valence-electron chi connectivity index (χ2n) is 7.44. The first kappa shape index (κ1) is 24.2. The summed E-state index contributed by atoms with van der Waals surface area (Å²) >= 11 is 12.4. The first-order valence-corrected chi connectivity index (χ1v) is 11.1. The van der Waals surface area contributed by atoms with Gasteiger partial charge in [0.1, 0.15) is 29.1 Å². The minimum Gasteiger partial charge on any atom is -0.507 e. The molecule has 1 aliphatic rings. The van der Waals surface area contributed by atoms with Gasteiger partial charge < -0.3 is 24.1 Å². The molecular formula is C23H26Cl2N2O5. The molecule has 0 radical (unpaired) electrons. The molecule has 1 aromatic carbocycles. The van der Waals surface area contributed by atoms with E-state index < -0.39 is 23.5 Å². The van der Waals surface area contributed by atoms with Crippen molar-refractivity contribution in [2.45, 2.75) is 26.8 Å². The van der Waals surface area contributed by atoms with Crippen molar-refractivity contribution < 1.29 is 23.8 Å². The molecule has 1 aliphatic heterocycles. The number of aliphatic hydroxyl groups excluding tert-OH is 1. The number of carbonyl (C=O) groups excluding carboxylic acids is 2. The molecule has 1 atom stereocenters. The summed E-state index contributed by atoms with van der Waals surface area (Å²) < 4.78 is 11.1. The van der Waals surface area contributed by atoms with Gasteiger partial charge >= 0.3 is 0 Å². The molecule has 1 amide bonds. The van der Waals surface area contributed by atoms with Gasteiger partial charge in [-0.05, 0) is 44.3 Å². The SMILES string of the molecule is CCN(CC)CCN1C(=O)C(=O)/C(=C(/O)c2cc(Cl)cc(Cl)c2OC)C1c1ccc(C)o1. The highest BCUT2D eigenvalue weighted by atomic mass is 35.5. The lowest BCUT2D eigenvalue weighted by molar-refractivity contribution is -0.140. The summed E-state index contributed by atoms with van der Waals surface area (Å²) in [6.45, 7) is 8.31. The number of halogens is 2. The van der Waals surface area contributed by atoms with Crippen LogP contribution in [0.2, 0.25) is 10.0 Å². The Morgan fingerprint density at radius 3 is 2.47 bits per heavy atom. The highest BCUT2D eigenvalue weighted by Crippen LogP contribution is 2.43. The monoisotopic (exact) mass is 480 g/mol. The van der Waals surface area contributed by atoms with Crippen LogP contribution in [0.5, 0.6) is 5.75 Å². The van der Waals surface area contributed by atoms with Gasteiger partial charge in [0.15, 0.2) is 0 Å². The fourth-order valence-electron chi connectivity index (χ4n) is 3.88. The molecule has 2 aromatic rings. The van der Waals surface area contributed by atoms with Crippen LogP contribution in [0.25, 0.3) is 5.76 Å². The zero-order valence-corrected chi connectivity index (χ0v) is 20.0. The van der Waals surface area contributed by atoms with E-state index in [9.17, 15) is 14.7 Å². The molecule has 32 heavy (non-hydrogen) atoms. The Balaban J connectivity index is 2.17. The normalized spacial score (nSPS) is 18.1. The number of methoxy groups -OCH3 is 1. The molecule has 1 aromatic heterocycles. The minimum atomic E-state index is -0.887. The molecule has 0 saturated carbocycles. The third-order valence-electron chi connectivity index (χ3n) is 5.59. The summed E-state index contributed by atoms with van der Waals surface area (Å²) in [6, 6.07) is 5.47. The van der Waals surface area contributed by atoms with E-state index in [1.54, 1.807) is 19.1 Å². The van der Waals surface area contributed by atoms with Gasteiger partial charge in [0.2, 0.25) is 0 Å². The number of nitrogens with zero attached hydrogens (tertiary/aromatic N) is 2. The molecule has 9 heteroatoms. The van der Waals surface area contributed by atoms with E-state index in [0.717, 1.165) is 13.1 Å². The highest BCUT2D eigenvalue weighted by molar-refractivity contribution is 6.46. The number of likely N-dealkylation sites (N-methyl/N-ethyl adjacent to an activating group) is 1. The number of ketones is 1. The summed E-state index contributed by atoms with van der Waals surface area (Å²) in [4.78, 5) is 29.7. The number of hydrogen-bond donors (Lipinski definition) is 1. The van der Waals surface area contributed by atoms with Crippen molar-refractivity contribution in [1.29, 1.82) is 0 Å². The molecule has 3 rings (SSSR count). The summed E-state index contributed by atoms with van der Waals surface area (Å²) in [5.74, 6) is -0.775. The Kier molecular flexibility index (Phi) is 7.54. The zero-order chi connectivity index (χ0) is 23.6. The van der Waals surface area contributed by atoms with Crippen LogP contribution < -0.4 is 4.74 Å². The van der Waals surface area contributed by atoms with Gasteiger partial charge in [-0.25, -0.2) is 0 Å². The van der Waals surface area contributed by atoms with Crippen molar-refractivity contribution >= 4 is 40.7 Å². The number of benzene rings is 1. The first-order valence-electron chi connectivity index (χ1n) is 10.3. The Hall–Kier alpha value is -2.48. The maximum Gasteiger partial charge on any atom is 0.295 e. The van der Waals surface area contributed by atoms with Crippen LogP contribution in [-0.4, -0.2) is 59.9 Å². The average molecular weight is 481 g/mol. The quantitative estimate of drug-likeness (QED) is 0.335. The molecular weight excluding hydrogens is 455 g/mol. The average Bonchev–Trinajstić information content (AvgIpc) is 3.29. The molecule has 1 saturated heterocycles. The fourth-order valence-corrected chi connectivity index (χ4v) is 4.46. The van der Waals surface area contributed by atoms with E-state index in [2.05, 4.69) is 4.90 Å². The van der Waals surface area contributed by atoms with E-state index in [-0.39, 0.29) is 26.9 Å². The molecule has 0 spiro atoms. The largest absolute Gasteiger partial charge is 0.507 e. The number of aryl methyl sites for hydroxylation is 1. The van der Waals surface area contributed by atoms with Crippen molar-refractivity contribution in [3.05, 3.63) is 57.0 Å². The molecule has 0 aliphatic carbocycles. The second kappa shape index (κ2) is 9.98. The van der Waals surface area contributed by atoms with Crippen LogP contribution in [0.1, 0.15) is 37.0 Å². The van der Waals surface area contributed by atoms with E-state index in [1.165, 1.54) is 24.1 Å². The van der Waals surface area contributed by atoms with Gasteiger partial charge in [-0.2, -0.15) is 0 Å². The van der Waals surface area contributed by atoms with Gasteiger partial charge in [0.25, 0.3) is 11.7 Å². The fraction of sp³-hybridized carbons (Fsp3) is 0.391. The molecule has 1 fully saturated rings. The van der Waals surface area contributed by atoms with E-state index in [0.29, 0.717) is 24.6 Å². The van der Waals surface area contributed by atoms with Crippen molar-refractivity contribution in [3.63, 3.8) is 0 Å². The van der Waals surface area contributed by atoms with Crippen molar-refractivity contribution in [3.8, 4) is 5.75 Å². The molecule has 2 heterocycles. The number of hydrogen-bond acceptors (Lipinski definition) is 6. The lowest BCUT2D eigenvalue weighted by Gasteiger charge is -2.26. The summed E-state index contributed by atoms with van der Waals surface area (Å²) in [5.41, 5.74) is 0.0283. The van der Waals surface area contributed by atoms with Crippen LogP contribution in [-0.2, 0) is 9.59 Å². The topological polar surface area (TPSA) is 83.2 Å². The van der Waals surface area contributed by atoms with E-state index in [4.69, 9.17) is 32.4 Å². The standard InChI is InChI=1S/C23H26Cl2N2O5/c1-5-26(6-2)9-10-27-19(17-8-7-13(3)32-17)18(21(29)23(27)30)20(28)15-11-14(24)12-16(25)22(15)31-4/h7-8,11-12,19,28H,5-6,9-10H2,1-4H3/b20-18+. The molecule has 0 bridgehead atoms.